The van der Waals surface area contributed by atoms with Crippen molar-refractivity contribution in [2.75, 3.05) is 0 Å². The van der Waals surface area contributed by atoms with Crippen LogP contribution in [-0.2, 0) is 4.79 Å². The molecule has 0 aromatic heterocycles. The second-order valence-electron chi connectivity index (χ2n) is 4.70. The molecule has 0 aliphatic heterocycles. The van der Waals surface area contributed by atoms with E-state index in [1.807, 2.05) is 19.1 Å². The number of carbonyl (C=O) groups is 1. The number of carboxylic acids is 1. The quantitative estimate of drug-likeness (QED) is 0.895. The van der Waals surface area contributed by atoms with E-state index in [1.165, 1.54) is 0 Å². The Bertz CT molecular complexity index is 452. The Morgan fingerprint density at radius 2 is 2.18 bits per heavy atom. The highest BCUT2D eigenvalue weighted by molar-refractivity contribution is 9.10. The molecule has 1 saturated carbocycles. The summed E-state index contributed by atoms with van der Waals surface area (Å²) in [5.74, 6) is -0.223. The molecule has 1 unspecified atom stereocenters. The molecule has 17 heavy (non-hydrogen) atoms. The lowest BCUT2D eigenvalue weighted by molar-refractivity contribution is -0.137. The minimum Gasteiger partial charge on any atom is -0.507 e. The first-order valence-electron chi connectivity index (χ1n) is 5.70. The van der Waals surface area contributed by atoms with Gasteiger partial charge in [0.05, 0.1) is 6.42 Å². The van der Waals surface area contributed by atoms with Crippen LogP contribution in [0.1, 0.15) is 36.3 Å². The van der Waals surface area contributed by atoms with Crippen LogP contribution in [-0.4, -0.2) is 16.2 Å². The fourth-order valence-electron chi connectivity index (χ4n) is 2.26. The van der Waals surface area contributed by atoms with Crippen LogP contribution in [0.15, 0.2) is 16.6 Å². The molecule has 0 spiro atoms. The Balaban J connectivity index is 2.38. The van der Waals surface area contributed by atoms with Crippen LogP contribution in [0, 0.1) is 12.8 Å². The van der Waals surface area contributed by atoms with Crippen LogP contribution in [0.2, 0.25) is 0 Å². The third kappa shape index (κ3) is 2.80. The Kier molecular flexibility index (Phi) is 3.43. The predicted octanol–water partition coefficient (Wildman–Crippen LogP) is 3.43. The number of halogens is 1. The smallest absolute Gasteiger partial charge is 0.303 e. The first-order chi connectivity index (χ1) is 7.99. The standard InChI is InChI=1S/C13H15BrO3/c1-7-4-9(14)5-11(13(7)17)10(6-12(15)16)8-2-3-8/h4-5,8,10,17H,2-3,6H2,1H3,(H,15,16). The summed E-state index contributed by atoms with van der Waals surface area (Å²) < 4.78 is 0.888. The van der Waals surface area contributed by atoms with E-state index < -0.39 is 5.97 Å². The largest absolute Gasteiger partial charge is 0.507 e. The second-order valence-corrected chi connectivity index (χ2v) is 5.62. The van der Waals surface area contributed by atoms with Crippen molar-refractivity contribution in [3.63, 3.8) is 0 Å². The van der Waals surface area contributed by atoms with Crippen LogP contribution >= 0.6 is 15.9 Å². The van der Waals surface area contributed by atoms with Gasteiger partial charge in [-0.3, -0.25) is 4.79 Å². The third-order valence-corrected chi connectivity index (χ3v) is 3.74. The van der Waals surface area contributed by atoms with Crippen LogP contribution in [0.25, 0.3) is 0 Å². The Labute approximate surface area is 109 Å². The summed E-state index contributed by atoms with van der Waals surface area (Å²) in [6, 6.07) is 3.68. The first-order valence-corrected chi connectivity index (χ1v) is 6.49. The van der Waals surface area contributed by atoms with E-state index in [0.29, 0.717) is 5.92 Å². The number of phenols is 1. The summed E-state index contributed by atoms with van der Waals surface area (Å²) in [6.45, 7) is 1.83. The molecule has 0 bridgehead atoms. The minimum absolute atomic E-state index is 0.0660. The van der Waals surface area contributed by atoms with Gasteiger partial charge in [-0.25, -0.2) is 0 Å². The summed E-state index contributed by atoms with van der Waals surface area (Å²) in [7, 11) is 0. The van der Waals surface area contributed by atoms with Gasteiger partial charge in [0.2, 0.25) is 0 Å². The highest BCUT2D eigenvalue weighted by Crippen LogP contribution is 2.47. The minimum atomic E-state index is -0.807. The van der Waals surface area contributed by atoms with Gasteiger partial charge in [0, 0.05) is 10.4 Å². The molecule has 2 N–H and O–H groups in total. The number of rotatable bonds is 4. The van der Waals surface area contributed by atoms with E-state index in [9.17, 15) is 9.90 Å². The maximum atomic E-state index is 10.9. The highest BCUT2D eigenvalue weighted by Gasteiger charge is 2.35. The fraction of sp³-hybridized carbons (Fsp3) is 0.462. The van der Waals surface area contributed by atoms with Gasteiger partial charge >= 0.3 is 5.97 Å². The van der Waals surface area contributed by atoms with Gasteiger partial charge < -0.3 is 10.2 Å². The lowest BCUT2D eigenvalue weighted by Gasteiger charge is -2.17. The molecular formula is C13H15BrO3. The molecule has 1 aromatic rings. The van der Waals surface area contributed by atoms with Gasteiger partial charge in [-0.1, -0.05) is 15.9 Å². The molecule has 0 heterocycles. The van der Waals surface area contributed by atoms with Crippen molar-refractivity contribution in [2.45, 2.75) is 32.1 Å². The van der Waals surface area contributed by atoms with E-state index in [2.05, 4.69) is 15.9 Å². The molecule has 0 amide bonds. The normalized spacial score (nSPS) is 16.8. The zero-order valence-electron chi connectivity index (χ0n) is 9.61. The SMILES string of the molecule is Cc1cc(Br)cc(C(CC(=O)O)C2CC2)c1O. The Hall–Kier alpha value is -1.03. The van der Waals surface area contributed by atoms with Crippen LogP contribution in [0.3, 0.4) is 0 Å². The van der Waals surface area contributed by atoms with Crippen LogP contribution < -0.4 is 0 Å². The average molecular weight is 299 g/mol. The Morgan fingerprint density at radius 3 is 2.71 bits per heavy atom. The molecule has 1 fully saturated rings. The molecule has 92 valence electrons. The number of carboxylic acid groups (broad SMARTS) is 1. The van der Waals surface area contributed by atoms with Crippen molar-refractivity contribution in [3.8, 4) is 5.75 Å². The van der Waals surface area contributed by atoms with Crippen molar-refractivity contribution in [3.05, 3.63) is 27.7 Å². The maximum absolute atomic E-state index is 10.9. The monoisotopic (exact) mass is 298 g/mol. The van der Waals surface area contributed by atoms with Gasteiger partial charge in [0.15, 0.2) is 0 Å². The van der Waals surface area contributed by atoms with Crippen molar-refractivity contribution >= 4 is 21.9 Å². The van der Waals surface area contributed by atoms with Gasteiger partial charge in [-0.15, -0.1) is 0 Å². The maximum Gasteiger partial charge on any atom is 0.303 e. The number of hydrogen-bond acceptors (Lipinski definition) is 2. The van der Waals surface area contributed by atoms with Gasteiger partial charge in [0.25, 0.3) is 0 Å². The van der Waals surface area contributed by atoms with E-state index in [-0.39, 0.29) is 18.1 Å². The van der Waals surface area contributed by atoms with Crippen LogP contribution in [0.5, 0.6) is 5.75 Å². The number of aryl methyl sites for hydroxylation is 1. The molecule has 4 heteroatoms. The number of hydrogen-bond donors (Lipinski definition) is 2. The molecule has 1 aliphatic carbocycles. The second kappa shape index (κ2) is 4.69. The number of aliphatic carboxylic acids is 1. The zero-order chi connectivity index (χ0) is 12.6. The summed E-state index contributed by atoms with van der Waals surface area (Å²) in [5.41, 5.74) is 1.55. The highest BCUT2D eigenvalue weighted by atomic mass is 79.9. The molecule has 3 nitrogen and oxygen atoms in total. The number of aromatic hydroxyl groups is 1. The Morgan fingerprint density at radius 1 is 1.53 bits per heavy atom. The van der Waals surface area contributed by atoms with E-state index in [0.717, 1.165) is 28.4 Å². The van der Waals surface area contributed by atoms with E-state index in [1.54, 1.807) is 0 Å². The van der Waals surface area contributed by atoms with Gasteiger partial charge in [-0.2, -0.15) is 0 Å². The summed E-state index contributed by atoms with van der Waals surface area (Å²) in [6.07, 6.45) is 2.21. The van der Waals surface area contributed by atoms with E-state index >= 15 is 0 Å². The lowest BCUT2D eigenvalue weighted by Crippen LogP contribution is -2.09. The molecule has 0 saturated heterocycles. The fourth-order valence-corrected chi connectivity index (χ4v) is 2.85. The van der Waals surface area contributed by atoms with Crippen molar-refractivity contribution < 1.29 is 15.0 Å². The lowest BCUT2D eigenvalue weighted by atomic mass is 9.89. The van der Waals surface area contributed by atoms with Crippen molar-refractivity contribution in [1.29, 1.82) is 0 Å². The predicted molar refractivity (Wildman–Crippen MR) is 68.3 cm³/mol. The molecule has 1 atom stereocenters. The molecule has 2 rings (SSSR count). The molecular weight excluding hydrogens is 284 g/mol. The van der Waals surface area contributed by atoms with Crippen molar-refractivity contribution in [1.82, 2.24) is 0 Å². The average Bonchev–Trinajstić information content (AvgIpc) is 3.03. The van der Waals surface area contributed by atoms with Crippen LogP contribution in [0.4, 0.5) is 0 Å². The molecule has 1 aromatic carbocycles. The number of phenolic OH excluding ortho intramolecular Hbond substituents is 1. The first kappa shape index (κ1) is 12.4. The summed E-state index contributed by atoms with van der Waals surface area (Å²) in [4.78, 5) is 10.9. The zero-order valence-corrected chi connectivity index (χ0v) is 11.2. The van der Waals surface area contributed by atoms with Gasteiger partial charge in [0.1, 0.15) is 5.75 Å². The van der Waals surface area contributed by atoms with Crippen molar-refractivity contribution in [2.24, 2.45) is 5.92 Å². The topological polar surface area (TPSA) is 57.5 Å². The number of benzene rings is 1. The van der Waals surface area contributed by atoms with Gasteiger partial charge in [-0.05, 0) is 48.9 Å². The summed E-state index contributed by atoms with van der Waals surface area (Å²) >= 11 is 3.39. The third-order valence-electron chi connectivity index (χ3n) is 3.28. The molecule has 1 aliphatic rings. The molecule has 0 radical (unpaired) electrons. The van der Waals surface area contributed by atoms with E-state index in [4.69, 9.17) is 5.11 Å². The summed E-state index contributed by atoms with van der Waals surface area (Å²) in [5, 5.41) is 19.0.